The number of sulfonamides is 1. The summed E-state index contributed by atoms with van der Waals surface area (Å²) in [5.41, 5.74) is 0.606. The fourth-order valence-electron chi connectivity index (χ4n) is 6.85. The lowest BCUT2D eigenvalue weighted by molar-refractivity contribution is -0.127. The maximum Gasteiger partial charge on any atom is 0.243 e. The molecular formula is C35H59N7O7S2. The van der Waals surface area contributed by atoms with Crippen molar-refractivity contribution in [2.45, 2.75) is 87.3 Å². The number of nitrogens with one attached hydrogen (secondary N) is 5. The number of carbonyl (C=O) groups excluding carboxylic acids is 2. The predicted molar refractivity (Wildman–Crippen MR) is 201 cm³/mol. The Balaban J connectivity index is 1.41. The van der Waals surface area contributed by atoms with E-state index in [1.807, 2.05) is 0 Å². The van der Waals surface area contributed by atoms with Crippen LogP contribution in [0.15, 0.2) is 29.2 Å². The molecule has 16 heteroatoms. The molecule has 3 aliphatic rings. The van der Waals surface area contributed by atoms with Crippen molar-refractivity contribution < 1.29 is 32.6 Å². The first-order valence-corrected chi connectivity index (χ1v) is 20.5. The number of morpholine rings is 2. The van der Waals surface area contributed by atoms with Gasteiger partial charge in [0.2, 0.25) is 21.8 Å². The van der Waals surface area contributed by atoms with Crippen molar-refractivity contribution in [2.75, 3.05) is 84.6 Å². The highest BCUT2D eigenvalue weighted by molar-refractivity contribution is 7.89. The van der Waals surface area contributed by atoms with Crippen molar-refractivity contribution in [3.05, 3.63) is 24.3 Å². The lowest BCUT2D eigenvalue weighted by Crippen LogP contribution is -2.51. The van der Waals surface area contributed by atoms with Crippen LogP contribution >= 0.6 is 12.2 Å². The van der Waals surface area contributed by atoms with E-state index < -0.39 is 28.2 Å². The van der Waals surface area contributed by atoms with Crippen LogP contribution in [0, 0.1) is 5.92 Å². The maximum absolute atomic E-state index is 14.0. The van der Waals surface area contributed by atoms with E-state index in [1.165, 1.54) is 10.7 Å². The number of carbonyl (C=O) groups is 2. The number of nitrogens with zero attached hydrogens (tertiary/aromatic N) is 2. The van der Waals surface area contributed by atoms with E-state index in [0.717, 1.165) is 51.7 Å². The molecule has 14 nitrogen and oxygen atoms in total. The van der Waals surface area contributed by atoms with E-state index in [-0.39, 0.29) is 23.1 Å². The number of aliphatic hydroxyl groups excluding tert-OH is 1. The van der Waals surface area contributed by atoms with E-state index in [1.54, 1.807) is 31.3 Å². The molecule has 4 rings (SSSR count). The molecule has 1 aromatic rings. The van der Waals surface area contributed by atoms with Gasteiger partial charge in [0.15, 0.2) is 5.11 Å². The van der Waals surface area contributed by atoms with Crippen molar-refractivity contribution in [2.24, 2.45) is 5.92 Å². The third kappa shape index (κ3) is 14.0. The van der Waals surface area contributed by atoms with Crippen molar-refractivity contribution in [1.82, 2.24) is 30.5 Å². The van der Waals surface area contributed by atoms with Gasteiger partial charge in [0, 0.05) is 58.5 Å². The van der Waals surface area contributed by atoms with E-state index in [4.69, 9.17) is 21.7 Å². The molecule has 2 saturated heterocycles. The van der Waals surface area contributed by atoms with Gasteiger partial charge in [-0.25, -0.2) is 8.42 Å². The Kier molecular flexibility index (Phi) is 17.6. The Morgan fingerprint density at radius 3 is 2.27 bits per heavy atom. The molecule has 2 amide bonds. The third-order valence-corrected chi connectivity index (χ3v) is 12.2. The fraction of sp³-hybridized carbons (Fsp3) is 0.743. The molecule has 1 aromatic carbocycles. The van der Waals surface area contributed by atoms with Crippen LogP contribution in [0.3, 0.4) is 0 Å². The highest BCUT2D eigenvalue weighted by Crippen LogP contribution is 2.29. The van der Waals surface area contributed by atoms with Crippen molar-refractivity contribution in [3.8, 4) is 0 Å². The zero-order valence-electron chi connectivity index (χ0n) is 30.1. The Bertz CT molecular complexity index is 1320. The summed E-state index contributed by atoms with van der Waals surface area (Å²) in [6, 6.07) is 5.21. The minimum absolute atomic E-state index is 0.102. The molecular weight excluding hydrogens is 695 g/mol. The maximum atomic E-state index is 14.0. The number of hydrogen-bond acceptors (Lipinski definition) is 10. The number of anilines is 1. The van der Waals surface area contributed by atoms with Crippen LogP contribution < -0.4 is 26.6 Å². The minimum atomic E-state index is -3.66. The topological polar surface area (TPSA) is 174 Å². The number of benzene rings is 1. The summed E-state index contributed by atoms with van der Waals surface area (Å²) in [6.07, 6.45) is 6.91. The first kappa shape index (κ1) is 41.2. The molecule has 51 heavy (non-hydrogen) atoms. The lowest BCUT2D eigenvalue weighted by atomic mass is 9.83. The van der Waals surface area contributed by atoms with Gasteiger partial charge in [0.05, 0.1) is 49.9 Å². The van der Waals surface area contributed by atoms with Crippen LogP contribution in [0.4, 0.5) is 5.69 Å². The number of ether oxygens (including phenoxy) is 2. The molecule has 3 fully saturated rings. The lowest BCUT2D eigenvalue weighted by Gasteiger charge is -2.31. The Morgan fingerprint density at radius 2 is 1.61 bits per heavy atom. The average Bonchev–Trinajstić information content (AvgIpc) is 3.15. The number of hydrogen-bond donors (Lipinski definition) is 6. The fourth-order valence-corrected chi connectivity index (χ4v) is 8.36. The quantitative estimate of drug-likeness (QED) is 0.0888. The number of amides is 2. The summed E-state index contributed by atoms with van der Waals surface area (Å²) in [7, 11) is -1.90. The van der Waals surface area contributed by atoms with Crippen LogP contribution in [-0.4, -0.2) is 137 Å². The minimum Gasteiger partial charge on any atom is -0.390 e. The monoisotopic (exact) mass is 753 g/mol. The smallest absolute Gasteiger partial charge is 0.243 e. The zero-order valence-corrected chi connectivity index (χ0v) is 31.7. The van der Waals surface area contributed by atoms with Gasteiger partial charge in [-0.15, -0.1) is 0 Å². The molecule has 2 aliphatic heterocycles. The van der Waals surface area contributed by atoms with Gasteiger partial charge in [0.1, 0.15) is 6.04 Å². The molecule has 3 atom stereocenters. The van der Waals surface area contributed by atoms with Gasteiger partial charge in [-0.05, 0) is 68.1 Å². The molecule has 288 valence electrons. The molecule has 6 N–H and O–H groups in total. The van der Waals surface area contributed by atoms with Crippen LogP contribution in [-0.2, 0) is 29.1 Å². The molecule has 0 unspecified atom stereocenters. The van der Waals surface area contributed by atoms with Crippen molar-refractivity contribution >= 4 is 44.9 Å². The van der Waals surface area contributed by atoms with E-state index in [0.29, 0.717) is 88.6 Å². The van der Waals surface area contributed by atoms with Gasteiger partial charge in [0.25, 0.3) is 0 Å². The molecule has 0 bridgehead atoms. The Labute approximate surface area is 309 Å². The molecule has 0 spiro atoms. The van der Waals surface area contributed by atoms with Crippen LogP contribution in [0.25, 0.3) is 0 Å². The Hall–Kier alpha value is -2.60. The van der Waals surface area contributed by atoms with Gasteiger partial charge in [-0.1, -0.05) is 32.1 Å². The van der Waals surface area contributed by atoms with Crippen LogP contribution in [0.2, 0.25) is 0 Å². The number of thiocarbonyl (C=S) groups is 1. The van der Waals surface area contributed by atoms with Gasteiger partial charge >= 0.3 is 0 Å². The number of unbranched alkanes of at least 4 members (excludes halogenated alkanes) is 1. The van der Waals surface area contributed by atoms with E-state index >= 15 is 0 Å². The molecule has 0 aromatic heterocycles. The van der Waals surface area contributed by atoms with Crippen molar-refractivity contribution in [1.29, 1.82) is 0 Å². The highest BCUT2D eigenvalue weighted by atomic mass is 32.2. The van der Waals surface area contributed by atoms with Gasteiger partial charge < -0.3 is 41.2 Å². The Morgan fingerprint density at radius 1 is 0.941 bits per heavy atom. The summed E-state index contributed by atoms with van der Waals surface area (Å²) >= 11 is 5.18. The summed E-state index contributed by atoms with van der Waals surface area (Å²) in [4.78, 5) is 29.4. The average molecular weight is 754 g/mol. The van der Waals surface area contributed by atoms with E-state index in [2.05, 4.69) is 31.5 Å². The van der Waals surface area contributed by atoms with Gasteiger partial charge in [-0.3, -0.25) is 14.5 Å². The first-order valence-electron chi connectivity index (χ1n) is 18.6. The summed E-state index contributed by atoms with van der Waals surface area (Å²) in [5.74, 6) is -0.156. The van der Waals surface area contributed by atoms with Crippen molar-refractivity contribution in [3.63, 3.8) is 0 Å². The molecule has 1 aliphatic carbocycles. The molecule has 0 radical (unpaired) electrons. The summed E-state index contributed by atoms with van der Waals surface area (Å²) < 4.78 is 38.5. The molecule has 2 heterocycles. The van der Waals surface area contributed by atoms with Crippen LogP contribution in [0.5, 0.6) is 0 Å². The second-order valence-electron chi connectivity index (χ2n) is 13.7. The largest absolute Gasteiger partial charge is 0.390 e. The summed E-state index contributed by atoms with van der Waals surface area (Å²) in [5, 5.41) is 27.4. The highest BCUT2D eigenvalue weighted by Gasteiger charge is 2.31. The number of aliphatic hydroxyl groups is 1. The normalized spacial score (nSPS) is 19.7. The van der Waals surface area contributed by atoms with Crippen LogP contribution in [0.1, 0.15) is 64.2 Å². The summed E-state index contributed by atoms with van der Waals surface area (Å²) in [6.45, 7) is 6.24. The second-order valence-corrected chi connectivity index (χ2v) is 16.0. The number of rotatable bonds is 19. The first-order chi connectivity index (χ1) is 24.7. The molecule has 1 saturated carbocycles. The second kappa shape index (κ2) is 21.8. The van der Waals surface area contributed by atoms with Gasteiger partial charge in [-0.2, -0.15) is 4.31 Å². The predicted octanol–water partition coefficient (Wildman–Crippen LogP) is 1.41. The SMILES string of the molecule is CNC(=S)NCCCC[C@H](Nc1ccc(S(=O)(=O)N2CCOCC2)cc1)C(=O)N[C@@H](CC1CCCCC1)[C@@H](O)CC(=O)NCCN1CCOCC1. The third-order valence-electron chi connectivity index (χ3n) is 9.90. The zero-order chi connectivity index (χ0) is 36.5. The van der Waals surface area contributed by atoms with E-state index in [9.17, 15) is 23.1 Å². The standard InChI is InChI=1S/C35H59N7O7S2/c1-36-35(50)38-14-6-5-9-30(39-28-10-12-29(13-11-28)51(46,47)42-19-23-49-24-20-42)34(45)40-31(25-27-7-3-2-4-8-27)32(43)26-33(44)37-15-16-41-17-21-48-22-18-41/h10-13,27,30-32,39,43H,2-9,14-26H2,1H3,(H,37,44)(H,40,45)(H2,36,38,50)/t30-,31-,32-/m0/s1.